The summed E-state index contributed by atoms with van der Waals surface area (Å²) in [5.41, 5.74) is 1.69. The van der Waals surface area contributed by atoms with Gasteiger partial charge in [-0.25, -0.2) is 0 Å². The molecule has 0 unspecified atom stereocenters. The third kappa shape index (κ3) is 3.06. The Balaban J connectivity index is 1.91. The van der Waals surface area contributed by atoms with Gasteiger partial charge in [0, 0.05) is 23.1 Å². The van der Waals surface area contributed by atoms with Crippen molar-refractivity contribution in [2.45, 2.75) is 43.7 Å². The molecule has 0 spiro atoms. The van der Waals surface area contributed by atoms with Gasteiger partial charge >= 0.3 is 0 Å². The molecule has 1 aliphatic carbocycles. The molecule has 1 amide bonds. The van der Waals surface area contributed by atoms with Crippen LogP contribution in [0.25, 0.3) is 0 Å². The molecule has 0 atom stereocenters. The van der Waals surface area contributed by atoms with Crippen molar-refractivity contribution in [1.82, 2.24) is 5.32 Å². The fourth-order valence-corrected chi connectivity index (χ4v) is 2.38. The number of nitrogens with one attached hydrogen (secondary N) is 1. The topological polar surface area (TPSA) is 38.3 Å². The molecule has 0 radical (unpaired) electrons. The van der Waals surface area contributed by atoms with Crippen LogP contribution in [0.5, 0.6) is 0 Å². The Morgan fingerprint density at radius 3 is 2.89 bits per heavy atom. The van der Waals surface area contributed by atoms with Crippen LogP contribution < -0.4 is 5.32 Å². The fraction of sp³-hybridized carbons (Fsp3) is 0.500. The number of carbonyl (C=O) groups is 1. The third-order valence-electron chi connectivity index (χ3n) is 3.30. The quantitative estimate of drug-likeness (QED) is 0.821. The minimum atomic E-state index is -0.0108. The lowest BCUT2D eigenvalue weighted by molar-refractivity contribution is -0.00863. The molecule has 0 bridgehead atoms. The second-order valence-corrected chi connectivity index (χ2v) is 5.23. The van der Waals surface area contributed by atoms with E-state index in [2.05, 4.69) is 17.9 Å². The minimum Gasteiger partial charge on any atom is -0.378 e. The van der Waals surface area contributed by atoms with Gasteiger partial charge in [0.1, 0.15) is 0 Å². The molecule has 0 heterocycles. The predicted octanol–water partition coefficient (Wildman–Crippen LogP) is 2.58. The molecule has 3 nitrogen and oxygen atoms in total. The van der Waals surface area contributed by atoms with Crippen molar-refractivity contribution in [3.05, 3.63) is 29.3 Å². The van der Waals surface area contributed by atoms with E-state index in [-0.39, 0.29) is 11.9 Å². The van der Waals surface area contributed by atoms with E-state index in [1.165, 1.54) is 0 Å². The Bertz CT molecular complexity index is 441. The fourth-order valence-electron chi connectivity index (χ4n) is 2.17. The predicted molar refractivity (Wildman–Crippen MR) is 74.3 cm³/mol. The number of amides is 1. The monoisotopic (exact) mass is 265 g/mol. The van der Waals surface area contributed by atoms with Gasteiger partial charge < -0.3 is 10.1 Å². The van der Waals surface area contributed by atoms with Gasteiger partial charge in [0.25, 0.3) is 5.91 Å². The van der Waals surface area contributed by atoms with E-state index in [1.807, 2.05) is 32.0 Å². The van der Waals surface area contributed by atoms with Gasteiger partial charge in [0.05, 0.1) is 6.10 Å². The molecule has 0 aliphatic heterocycles. The zero-order valence-corrected chi connectivity index (χ0v) is 11.7. The highest BCUT2D eigenvalue weighted by atomic mass is 32.1. The molecule has 98 valence electrons. The molecular formula is C14H19NO2S. The van der Waals surface area contributed by atoms with Crippen LogP contribution in [0.4, 0.5) is 0 Å². The molecule has 2 rings (SSSR count). The Hall–Kier alpha value is -1.00. The van der Waals surface area contributed by atoms with Crippen molar-refractivity contribution < 1.29 is 9.53 Å². The number of carbonyl (C=O) groups excluding carboxylic acids is 1. The van der Waals surface area contributed by atoms with Gasteiger partial charge in [-0.3, -0.25) is 4.79 Å². The van der Waals surface area contributed by atoms with Crippen LogP contribution in [0.2, 0.25) is 0 Å². The molecule has 1 N–H and O–H groups in total. The summed E-state index contributed by atoms with van der Waals surface area (Å²) in [6, 6.07) is 5.87. The maximum absolute atomic E-state index is 12.1. The summed E-state index contributed by atoms with van der Waals surface area (Å²) in [5.74, 6) is -0.0108. The Morgan fingerprint density at radius 1 is 1.50 bits per heavy atom. The SMILES string of the molecule is CCOC1CC(NC(=O)c2cc(S)ccc2C)C1. The van der Waals surface area contributed by atoms with Crippen LogP contribution in [0.15, 0.2) is 23.1 Å². The van der Waals surface area contributed by atoms with Crippen molar-refractivity contribution in [3.8, 4) is 0 Å². The summed E-state index contributed by atoms with van der Waals surface area (Å²) in [5, 5.41) is 3.04. The molecule has 0 saturated heterocycles. The molecule has 0 aromatic heterocycles. The summed E-state index contributed by atoms with van der Waals surface area (Å²) in [4.78, 5) is 12.9. The number of ether oxygens (including phenoxy) is 1. The van der Waals surface area contributed by atoms with E-state index in [0.717, 1.165) is 29.9 Å². The molecule has 1 aromatic carbocycles. The van der Waals surface area contributed by atoms with Gasteiger partial charge in [-0.15, -0.1) is 12.6 Å². The summed E-state index contributed by atoms with van der Waals surface area (Å²) in [6.45, 7) is 4.67. The average Bonchev–Trinajstić information content (AvgIpc) is 2.29. The number of hydrogen-bond donors (Lipinski definition) is 2. The van der Waals surface area contributed by atoms with Crippen LogP contribution in [0.3, 0.4) is 0 Å². The molecular weight excluding hydrogens is 246 g/mol. The highest BCUT2D eigenvalue weighted by Gasteiger charge is 2.31. The lowest BCUT2D eigenvalue weighted by atomic mass is 9.89. The van der Waals surface area contributed by atoms with E-state index in [9.17, 15) is 4.79 Å². The van der Waals surface area contributed by atoms with Crippen molar-refractivity contribution >= 4 is 18.5 Å². The third-order valence-corrected chi connectivity index (χ3v) is 3.58. The molecule has 1 aromatic rings. The lowest BCUT2D eigenvalue weighted by Gasteiger charge is -2.35. The Labute approximate surface area is 113 Å². The maximum Gasteiger partial charge on any atom is 0.251 e. The molecule has 4 heteroatoms. The van der Waals surface area contributed by atoms with Crippen LogP contribution in [-0.4, -0.2) is 24.7 Å². The summed E-state index contributed by atoms with van der Waals surface area (Å²) in [6.07, 6.45) is 2.15. The van der Waals surface area contributed by atoms with Gasteiger partial charge in [-0.1, -0.05) is 6.07 Å². The van der Waals surface area contributed by atoms with Crippen molar-refractivity contribution in [2.24, 2.45) is 0 Å². The van der Waals surface area contributed by atoms with Crippen LogP contribution in [-0.2, 0) is 4.74 Å². The largest absolute Gasteiger partial charge is 0.378 e. The van der Waals surface area contributed by atoms with E-state index in [0.29, 0.717) is 11.7 Å². The number of thiol groups is 1. The number of hydrogen-bond acceptors (Lipinski definition) is 3. The molecule has 1 fully saturated rings. The van der Waals surface area contributed by atoms with E-state index < -0.39 is 0 Å². The zero-order chi connectivity index (χ0) is 13.1. The summed E-state index contributed by atoms with van der Waals surface area (Å²) < 4.78 is 5.47. The van der Waals surface area contributed by atoms with E-state index >= 15 is 0 Å². The first kappa shape index (κ1) is 13.4. The maximum atomic E-state index is 12.1. The minimum absolute atomic E-state index is 0.0108. The van der Waals surface area contributed by atoms with Gasteiger partial charge in [0.2, 0.25) is 0 Å². The van der Waals surface area contributed by atoms with Gasteiger partial charge in [-0.05, 0) is 44.4 Å². The van der Waals surface area contributed by atoms with Crippen molar-refractivity contribution in [2.75, 3.05) is 6.61 Å². The highest BCUT2D eigenvalue weighted by molar-refractivity contribution is 7.80. The smallest absolute Gasteiger partial charge is 0.251 e. The second kappa shape index (κ2) is 5.76. The normalized spacial score (nSPS) is 22.4. The number of aryl methyl sites for hydroxylation is 1. The second-order valence-electron chi connectivity index (χ2n) is 4.72. The molecule has 1 saturated carbocycles. The number of benzene rings is 1. The Morgan fingerprint density at radius 2 is 2.22 bits per heavy atom. The van der Waals surface area contributed by atoms with Crippen LogP contribution >= 0.6 is 12.6 Å². The van der Waals surface area contributed by atoms with E-state index in [4.69, 9.17) is 4.74 Å². The first-order valence-electron chi connectivity index (χ1n) is 6.32. The standard InChI is InChI=1S/C14H19NO2S/c1-3-17-11-6-10(7-11)15-14(16)13-8-12(18)5-4-9(13)2/h4-5,8,10-11,18H,3,6-7H2,1-2H3,(H,15,16). The van der Waals surface area contributed by atoms with Crippen molar-refractivity contribution in [1.29, 1.82) is 0 Å². The van der Waals surface area contributed by atoms with Gasteiger partial charge in [0.15, 0.2) is 0 Å². The summed E-state index contributed by atoms with van der Waals surface area (Å²) in [7, 11) is 0. The first-order chi connectivity index (χ1) is 8.60. The van der Waals surface area contributed by atoms with E-state index in [1.54, 1.807) is 0 Å². The zero-order valence-electron chi connectivity index (χ0n) is 10.8. The van der Waals surface area contributed by atoms with Crippen LogP contribution in [0.1, 0.15) is 35.7 Å². The molecule has 18 heavy (non-hydrogen) atoms. The van der Waals surface area contributed by atoms with Crippen LogP contribution in [0, 0.1) is 6.92 Å². The summed E-state index contributed by atoms with van der Waals surface area (Å²) >= 11 is 4.27. The number of rotatable bonds is 4. The average molecular weight is 265 g/mol. The van der Waals surface area contributed by atoms with Gasteiger partial charge in [-0.2, -0.15) is 0 Å². The Kier molecular flexibility index (Phi) is 4.30. The highest BCUT2D eigenvalue weighted by Crippen LogP contribution is 2.24. The molecule has 1 aliphatic rings. The van der Waals surface area contributed by atoms with Crippen molar-refractivity contribution in [3.63, 3.8) is 0 Å². The lowest BCUT2D eigenvalue weighted by Crippen LogP contribution is -2.47. The first-order valence-corrected chi connectivity index (χ1v) is 6.77.